The van der Waals surface area contributed by atoms with Crippen LogP contribution >= 0.6 is 11.8 Å². The van der Waals surface area contributed by atoms with Gasteiger partial charge in [0.1, 0.15) is 0 Å². The van der Waals surface area contributed by atoms with E-state index in [-0.39, 0.29) is 0 Å². The van der Waals surface area contributed by atoms with Crippen molar-refractivity contribution >= 4 is 18.5 Å². The summed E-state index contributed by atoms with van der Waals surface area (Å²) in [5, 5.41) is 0. The molecular formula is C4H9NS. The Labute approximate surface area is 42.9 Å². The van der Waals surface area contributed by atoms with Crippen LogP contribution in [0.5, 0.6) is 0 Å². The Morgan fingerprint density at radius 3 is 2.67 bits per heavy atom. The minimum atomic E-state index is 0.890. The molecule has 0 saturated carbocycles. The SMILES string of the molecule is C=NCCSC. The van der Waals surface area contributed by atoms with E-state index < -0.39 is 0 Å². The zero-order valence-corrected chi connectivity index (χ0v) is 4.79. The minimum absolute atomic E-state index is 0.890. The van der Waals surface area contributed by atoms with Gasteiger partial charge in [-0.05, 0) is 13.0 Å². The molecule has 0 aliphatic carbocycles. The second-order valence-electron chi connectivity index (χ2n) is 0.940. The number of thioether (sulfide) groups is 1. The number of hydrogen-bond donors (Lipinski definition) is 0. The molecule has 1 nitrogen and oxygen atoms in total. The maximum absolute atomic E-state index is 3.65. The van der Waals surface area contributed by atoms with E-state index in [0.29, 0.717) is 0 Å². The van der Waals surface area contributed by atoms with E-state index in [4.69, 9.17) is 0 Å². The molecule has 0 rings (SSSR count). The van der Waals surface area contributed by atoms with Gasteiger partial charge in [0, 0.05) is 12.3 Å². The van der Waals surface area contributed by atoms with Gasteiger partial charge in [0.2, 0.25) is 0 Å². The zero-order valence-electron chi connectivity index (χ0n) is 3.98. The number of aliphatic imine (C=N–C) groups is 1. The highest BCUT2D eigenvalue weighted by molar-refractivity contribution is 7.98. The van der Waals surface area contributed by atoms with Crippen molar-refractivity contribution in [1.82, 2.24) is 0 Å². The molecular weight excluding hydrogens is 94.1 g/mol. The first kappa shape index (κ1) is 6.02. The van der Waals surface area contributed by atoms with E-state index in [1.165, 1.54) is 0 Å². The fourth-order valence-electron chi connectivity index (χ4n) is 0.156. The van der Waals surface area contributed by atoms with Gasteiger partial charge < -0.3 is 4.99 Å². The molecule has 0 heterocycles. The number of nitrogens with zero attached hydrogens (tertiary/aromatic N) is 1. The van der Waals surface area contributed by atoms with Crippen molar-refractivity contribution in [2.75, 3.05) is 18.6 Å². The molecule has 0 aromatic rings. The van der Waals surface area contributed by atoms with E-state index in [1.54, 1.807) is 11.8 Å². The molecule has 0 spiro atoms. The molecule has 0 radical (unpaired) electrons. The third kappa shape index (κ3) is 4.02. The molecule has 6 heavy (non-hydrogen) atoms. The van der Waals surface area contributed by atoms with E-state index in [2.05, 4.69) is 18.0 Å². The maximum atomic E-state index is 3.65. The van der Waals surface area contributed by atoms with Crippen molar-refractivity contribution in [3.63, 3.8) is 0 Å². The van der Waals surface area contributed by atoms with E-state index in [0.717, 1.165) is 12.3 Å². The average molecular weight is 103 g/mol. The lowest BCUT2D eigenvalue weighted by Gasteiger charge is -1.82. The van der Waals surface area contributed by atoms with Gasteiger partial charge in [-0.3, -0.25) is 0 Å². The minimum Gasteiger partial charge on any atom is -0.300 e. The molecule has 0 aliphatic rings. The Hall–Kier alpha value is 0.0200. The third-order valence-corrected chi connectivity index (χ3v) is 1.04. The summed E-state index contributed by atoms with van der Waals surface area (Å²) in [6.07, 6.45) is 2.06. The van der Waals surface area contributed by atoms with Crippen LogP contribution in [0.15, 0.2) is 4.99 Å². The van der Waals surface area contributed by atoms with E-state index in [1.807, 2.05) is 0 Å². The van der Waals surface area contributed by atoms with Crippen LogP contribution in [0.4, 0.5) is 0 Å². The molecule has 0 bridgehead atoms. The quantitative estimate of drug-likeness (QED) is 0.384. The second kappa shape index (κ2) is 5.02. The van der Waals surface area contributed by atoms with Gasteiger partial charge in [-0.25, -0.2) is 0 Å². The summed E-state index contributed by atoms with van der Waals surface area (Å²) < 4.78 is 0. The Morgan fingerprint density at radius 1 is 1.83 bits per heavy atom. The van der Waals surface area contributed by atoms with Crippen LogP contribution in [0.3, 0.4) is 0 Å². The number of rotatable bonds is 3. The zero-order chi connectivity index (χ0) is 4.83. The Kier molecular flexibility index (Phi) is 5.04. The van der Waals surface area contributed by atoms with Crippen LogP contribution < -0.4 is 0 Å². The lowest BCUT2D eigenvalue weighted by atomic mass is 10.8. The summed E-state index contributed by atoms with van der Waals surface area (Å²) in [5.41, 5.74) is 0. The van der Waals surface area contributed by atoms with Gasteiger partial charge >= 0.3 is 0 Å². The lowest BCUT2D eigenvalue weighted by molar-refractivity contribution is 1.17. The topological polar surface area (TPSA) is 12.4 Å². The summed E-state index contributed by atoms with van der Waals surface area (Å²) in [6.45, 7) is 4.22. The molecule has 0 aromatic carbocycles. The fraction of sp³-hybridized carbons (Fsp3) is 0.750. The van der Waals surface area contributed by atoms with Crippen LogP contribution in [0, 0.1) is 0 Å². The summed E-state index contributed by atoms with van der Waals surface area (Å²) >= 11 is 1.79. The fourth-order valence-corrected chi connectivity index (χ4v) is 0.468. The van der Waals surface area contributed by atoms with Crippen molar-refractivity contribution in [1.29, 1.82) is 0 Å². The maximum Gasteiger partial charge on any atom is 0.0472 e. The first-order valence-electron chi connectivity index (χ1n) is 1.83. The Balaban J connectivity index is 2.49. The van der Waals surface area contributed by atoms with Gasteiger partial charge in [-0.2, -0.15) is 11.8 Å². The predicted molar refractivity (Wildman–Crippen MR) is 32.8 cm³/mol. The highest BCUT2D eigenvalue weighted by atomic mass is 32.2. The molecule has 2 heteroatoms. The van der Waals surface area contributed by atoms with Crippen molar-refractivity contribution < 1.29 is 0 Å². The van der Waals surface area contributed by atoms with Gasteiger partial charge in [0.05, 0.1) is 0 Å². The van der Waals surface area contributed by atoms with Gasteiger partial charge in [0.15, 0.2) is 0 Å². The Morgan fingerprint density at radius 2 is 2.50 bits per heavy atom. The highest BCUT2D eigenvalue weighted by Crippen LogP contribution is 1.87. The number of hydrogen-bond acceptors (Lipinski definition) is 2. The molecule has 0 saturated heterocycles. The van der Waals surface area contributed by atoms with Crippen LogP contribution in [-0.4, -0.2) is 25.3 Å². The van der Waals surface area contributed by atoms with Crippen LogP contribution in [0.2, 0.25) is 0 Å². The monoisotopic (exact) mass is 103 g/mol. The average Bonchev–Trinajstić information content (AvgIpc) is 1.61. The largest absolute Gasteiger partial charge is 0.300 e. The molecule has 0 amide bonds. The summed E-state index contributed by atoms with van der Waals surface area (Å²) in [7, 11) is 0. The third-order valence-electron chi connectivity index (χ3n) is 0.454. The molecule has 0 fully saturated rings. The first-order valence-corrected chi connectivity index (χ1v) is 3.22. The summed E-state index contributed by atoms with van der Waals surface area (Å²) in [5.74, 6) is 1.10. The molecule has 0 N–H and O–H groups in total. The lowest BCUT2D eigenvalue weighted by Crippen LogP contribution is -1.79. The highest BCUT2D eigenvalue weighted by Gasteiger charge is 1.71. The predicted octanol–water partition coefficient (Wildman–Crippen LogP) is 1.05. The van der Waals surface area contributed by atoms with Crippen LogP contribution in [0.1, 0.15) is 0 Å². The van der Waals surface area contributed by atoms with Crippen molar-refractivity contribution in [2.45, 2.75) is 0 Å². The van der Waals surface area contributed by atoms with Crippen molar-refractivity contribution in [3.05, 3.63) is 0 Å². The molecule has 0 atom stereocenters. The van der Waals surface area contributed by atoms with Crippen molar-refractivity contribution in [3.8, 4) is 0 Å². The standard InChI is InChI=1S/C4H9NS/c1-5-3-4-6-2/h1,3-4H2,2H3. The van der Waals surface area contributed by atoms with Gasteiger partial charge in [-0.1, -0.05) is 0 Å². The molecule has 0 unspecified atom stereocenters. The molecule has 0 aromatic heterocycles. The summed E-state index contributed by atoms with van der Waals surface area (Å²) in [6, 6.07) is 0. The second-order valence-corrected chi connectivity index (χ2v) is 1.93. The molecule has 36 valence electrons. The van der Waals surface area contributed by atoms with Crippen molar-refractivity contribution in [2.24, 2.45) is 4.99 Å². The normalized spacial score (nSPS) is 8.17. The first-order chi connectivity index (χ1) is 2.91. The van der Waals surface area contributed by atoms with Crippen LogP contribution in [0.25, 0.3) is 0 Å². The van der Waals surface area contributed by atoms with Gasteiger partial charge in [0.25, 0.3) is 0 Å². The van der Waals surface area contributed by atoms with Crippen LogP contribution in [-0.2, 0) is 0 Å². The smallest absolute Gasteiger partial charge is 0.0472 e. The summed E-state index contributed by atoms with van der Waals surface area (Å²) in [4.78, 5) is 3.65. The van der Waals surface area contributed by atoms with E-state index >= 15 is 0 Å². The molecule has 0 aliphatic heterocycles. The Bertz CT molecular complexity index is 36.5. The van der Waals surface area contributed by atoms with Gasteiger partial charge in [-0.15, -0.1) is 0 Å². The van der Waals surface area contributed by atoms with E-state index in [9.17, 15) is 0 Å².